The molecule has 0 aliphatic heterocycles. The molecule has 2 aliphatic rings. The summed E-state index contributed by atoms with van der Waals surface area (Å²) in [7, 11) is 0. The van der Waals surface area contributed by atoms with E-state index in [4.69, 9.17) is 0 Å². The predicted molar refractivity (Wildman–Crippen MR) is 111 cm³/mol. The van der Waals surface area contributed by atoms with Gasteiger partial charge in [-0.25, -0.2) is 13.2 Å². The summed E-state index contributed by atoms with van der Waals surface area (Å²) in [6.45, 7) is 0. The Kier molecular flexibility index (Phi) is 7.20. The van der Waals surface area contributed by atoms with Gasteiger partial charge in [0.15, 0.2) is 11.6 Å². The number of hydrogen-bond acceptors (Lipinski definition) is 2. The lowest BCUT2D eigenvalue weighted by molar-refractivity contribution is -0.275. The molecule has 2 aliphatic carbocycles. The first-order chi connectivity index (χ1) is 16.4. The average Bonchev–Trinajstić information content (AvgIpc) is 3.29. The first-order valence-electron chi connectivity index (χ1n) is 11.5. The summed E-state index contributed by atoms with van der Waals surface area (Å²) < 4.78 is 117. The van der Waals surface area contributed by atoms with Crippen LogP contribution in [0.1, 0.15) is 68.4 Å². The SMILES string of the molecule is Fc1cc(OC(F)(F)c2c(F)cc(C3CCC(C4CCCC4)CC3)cc2F)ccc1OC(F)(F)F. The third-order valence-corrected chi connectivity index (χ3v) is 7.04. The lowest BCUT2D eigenvalue weighted by Gasteiger charge is -2.32. The van der Waals surface area contributed by atoms with Crippen LogP contribution in [0.4, 0.5) is 35.1 Å². The van der Waals surface area contributed by atoms with E-state index in [0.29, 0.717) is 29.5 Å². The molecule has 0 amide bonds. The molecule has 0 aromatic heterocycles. The molecule has 0 atom stereocenters. The van der Waals surface area contributed by atoms with E-state index < -0.39 is 47.0 Å². The van der Waals surface area contributed by atoms with Crippen LogP contribution in [0.25, 0.3) is 0 Å². The molecule has 0 N–H and O–H groups in total. The molecule has 10 heteroatoms. The van der Waals surface area contributed by atoms with Crippen molar-refractivity contribution in [3.05, 3.63) is 58.9 Å². The maximum Gasteiger partial charge on any atom is 0.573 e. The van der Waals surface area contributed by atoms with Crippen molar-refractivity contribution >= 4 is 0 Å². The molecule has 35 heavy (non-hydrogen) atoms. The zero-order chi connectivity index (χ0) is 25.4. The molecule has 0 spiro atoms. The minimum Gasteiger partial charge on any atom is -0.429 e. The summed E-state index contributed by atoms with van der Waals surface area (Å²) in [5, 5.41) is 0. The average molecular weight is 508 g/mol. The van der Waals surface area contributed by atoms with Gasteiger partial charge in [0.2, 0.25) is 0 Å². The van der Waals surface area contributed by atoms with E-state index in [1.807, 2.05) is 0 Å². The van der Waals surface area contributed by atoms with Crippen LogP contribution in [0, 0.1) is 29.3 Å². The topological polar surface area (TPSA) is 18.5 Å². The summed E-state index contributed by atoms with van der Waals surface area (Å²) in [4.78, 5) is 0. The highest BCUT2D eigenvalue weighted by atomic mass is 19.4. The van der Waals surface area contributed by atoms with Gasteiger partial charge in [0.05, 0.1) is 0 Å². The molecule has 2 aromatic rings. The van der Waals surface area contributed by atoms with E-state index in [0.717, 1.165) is 37.8 Å². The Labute approximate surface area is 197 Å². The highest BCUT2D eigenvalue weighted by Crippen LogP contribution is 2.45. The van der Waals surface area contributed by atoms with Crippen LogP contribution in [0.15, 0.2) is 30.3 Å². The minimum absolute atomic E-state index is 0.143. The third-order valence-electron chi connectivity index (χ3n) is 7.04. The fourth-order valence-electron chi connectivity index (χ4n) is 5.41. The quantitative estimate of drug-likeness (QED) is 0.364. The highest BCUT2D eigenvalue weighted by molar-refractivity contribution is 5.35. The van der Waals surface area contributed by atoms with Crippen molar-refractivity contribution in [2.75, 3.05) is 0 Å². The fraction of sp³-hybridized carbons (Fsp3) is 0.520. The Balaban J connectivity index is 1.47. The van der Waals surface area contributed by atoms with Gasteiger partial charge in [-0.1, -0.05) is 25.7 Å². The molecule has 0 radical (unpaired) electrons. The predicted octanol–water partition coefficient (Wildman–Crippen LogP) is 8.59. The van der Waals surface area contributed by atoms with E-state index in [9.17, 15) is 35.1 Å². The second-order valence-corrected chi connectivity index (χ2v) is 9.27. The standard InChI is InChI=1S/C25H24F8O2/c26-19-13-18(9-10-22(19)35-25(31,32)33)34-24(29,30)23-20(27)11-17(12-21(23)28)16-7-5-15(6-8-16)14-3-1-2-4-14/h9-16H,1-8H2. The molecule has 2 aromatic carbocycles. The summed E-state index contributed by atoms with van der Waals surface area (Å²) in [5.41, 5.74) is -1.36. The molecule has 192 valence electrons. The van der Waals surface area contributed by atoms with E-state index in [1.165, 1.54) is 25.7 Å². The molecule has 0 unspecified atom stereocenters. The molecule has 2 saturated carbocycles. The zero-order valence-corrected chi connectivity index (χ0v) is 18.6. The van der Waals surface area contributed by atoms with Gasteiger partial charge < -0.3 is 9.47 Å². The normalized spacial score (nSPS) is 21.8. The van der Waals surface area contributed by atoms with Gasteiger partial charge in [0, 0.05) is 6.07 Å². The number of halogens is 8. The molecule has 2 nitrogen and oxygen atoms in total. The Hall–Kier alpha value is -2.52. The van der Waals surface area contributed by atoms with Crippen molar-refractivity contribution in [1.82, 2.24) is 0 Å². The van der Waals surface area contributed by atoms with Crippen molar-refractivity contribution < 1.29 is 44.6 Å². The van der Waals surface area contributed by atoms with Crippen molar-refractivity contribution in [3.8, 4) is 11.5 Å². The van der Waals surface area contributed by atoms with Crippen LogP contribution >= 0.6 is 0 Å². The third kappa shape index (κ3) is 6.01. The molecule has 0 bridgehead atoms. The lowest BCUT2D eigenvalue weighted by Crippen LogP contribution is -2.26. The summed E-state index contributed by atoms with van der Waals surface area (Å²) in [6.07, 6.45) is -1.56. The largest absolute Gasteiger partial charge is 0.573 e. The Morgan fingerprint density at radius 2 is 1.23 bits per heavy atom. The van der Waals surface area contributed by atoms with Crippen LogP contribution in [0.2, 0.25) is 0 Å². The highest BCUT2D eigenvalue weighted by Gasteiger charge is 2.42. The fourth-order valence-corrected chi connectivity index (χ4v) is 5.41. The van der Waals surface area contributed by atoms with E-state index in [2.05, 4.69) is 9.47 Å². The van der Waals surface area contributed by atoms with Gasteiger partial charge in [0.25, 0.3) is 0 Å². The van der Waals surface area contributed by atoms with Crippen LogP contribution < -0.4 is 9.47 Å². The molecule has 0 saturated heterocycles. The van der Waals surface area contributed by atoms with E-state index in [1.54, 1.807) is 0 Å². The van der Waals surface area contributed by atoms with Gasteiger partial charge in [-0.2, -0.15) is 8.78 Å². The van der Waals surface area contributed by atoms with E-state index in [-0.39, 0.29) is 12.0 Å². The van der Waals surface area contributed by atoms with Crippen molar-refractivity contribution in [3.63, 3.8) is 0 Å². The Bertz CT molecular complexity index is 1020. The Morgan fingerprint density at radius 1 is 0.657 bits per heavy atom. The van der Waals surface area contributed by atoms with E-state index >= 15 is 0 Å². The summed E-state index contributed by atoms with van der Waals surface area (Å²) in [5.74, 6) is -5.72. The van der Waals surface area contributed by atoms with Crippen LogP contribution in [0.5, 0.6) is 11.5 Å². The zero-order valence-electron chi connectivity index (χ0n) is 18.6. The maximum atomic E-state index is 14.7. The van der Waals surface area contributed by atoms with Gasteiger partial charge >= 0.3 is 12.5 Å². The molecular weight excluding hydrogens is 484 g/mol. The van der Waals surface area contributed by atoms with Gasteiger partial charge in [-0.15, -0.1) is 13.2 Å². The number of rotatable bonds is 6. The van der Waals surface area contributed by atoms with Crippen molar-refractivity contribution in [2.45, 2.75) is 69.8 Å². The summed E-state index contributed by atoms with van der Waals surface area (Å²) >= 11 is 0. The van der Waals surface area contributed by atoms with Crippen molar-refractivity contribution in [1.29, 1.82) is 0 Å². The minimum atomic E-state index is -5.20. The lowest BCUT2D eigenvalue weighted by atomic mass is 9.73. The monoisotopic (exact) mass is 508 g/mol. The van der Waals surface area contributed by atoms with Crippen LogP contribution in [-0.2, 0) is 6.11 Å². The number of ether oxygens (including phenoxy) is 2. The summed E-state index contributed by atoms with van der Waals surface area (Å²) in [6, 6.07) is 2.95. The van der Waals surface area contributed by atoms with Crippen molar-refractivity contribution in [2.24, 2.45) is 11.8 Å². The second kappa shape index (κ2) is 9.85. The number of alkyl halides is 5. The second-order valence-electron chi connectivity index (χ2n) is 9.27. The molecule has 2 fully saturated rings. The maximum absolute atomic E-state index is 14.7. The first-order valence-corrected chi connectivity index (χ1v) is 11.5. The number of benzene rings is 2. The molecule has 0 heterocycles. The van der Waals surface area contributed by atoms with Gasteiger partial charge in [-0.05, 0) is 73.3 Å². The molecular formula is C25H24F8O2. The van der Waals surface area contributed by atoms with Gasteiger partial charge in [-0.3, -0.25) is 0 Å². The molecule has 4 rings (SSSR count). The Morgan fingerprint density at radius 3 is 1.77 bits per heavy atom. The van der Waals surface area contributed by atoms with Crippen LogP contribution in [0.3, 0.4) is 0 Å². The smallest absolute Gasteiger partial charge is 0.429 e. The first kappa shape index (κ1) is 25.6. The van der Waals surface area contributed by atoms with Gasteiger partial charge in [0.1, 0.15) is 22.9 Å². The van der Waals surface area contributed by atoms with Crippen LogP contribution in [-0.4, -0.2) is 6.36 Å². The number of hydrogen-bond donors (Lipinski definition) is 0.